The van der Waals surface area contributed by atoms with Crippen molar-refractivity contribution in [3.8, 4) is 11.5 Å². The first-order chi connectivity index (χ1) is 15.2. The average Bonchev–Trinajstić information content (AvgIpc) is 2.82. The Kier molecular flexibility index (Phi) is 6.79. The minimum absolute atomic E-state index is 0.00798. The van der Waals surface area contributed by atoms with Crippen LogP contribution in [0.25, 0.3) is 0 Å². The van der Waals surface area contributed by atoms with E-state index in [0.717, 1.165) is 48.9 Å². The van der Waals surface area contributed by atoms with Gasteiger partial charge in [-0.15, -0.1) is 0 Å². The van der Waals surface area contributed by atoms with Crippen molar-refractivity contribution >= 4 is 17.4 Å². The Bertz CT molecular complexity index is 956. The largest absolute Gasteiger partial charge is 0.457 e. The molecule has 6 nitrogen and oxygen atoms in total. The van der Waals surface area contributed by atoms with Gasteiger partial charge in [-0.1, -0.05) is 24.3 Å². The van der Waals surface area contributed by atoms with E-state index in [-0.39, 0.29) is 5.91 Å². The summed E-state index contributed by atoms with van der Waals surface area (Å²) < 4.78 is 5.79. The predicted molar refractivity (Wildman–Crippen MR) is 124 cm³/mol. The average molecular weight is 417 g/mol. The molecule has 2 heterocycles. The number of aromatic nitrogens is 1. The Morgan fingerprint density at radius 2 is 1.68 bits per heavy atom. The third-order valence-electron chi connectivity index (χ3n) is 5.57. The van der Waals surface area contributed by atoms with E-state index in [1.54, 1.807) is 0 Å². The molecule has 160 valence electrons. The van der Waals surface area contributed by atoms with Crippen LogP contribution < -0.4 is 15.0 Å². The van der Waals surface area contributed by atoms with Crippen LogP contribution in [0, 0.1) is 0 Å². The number of nitrogens with zero attached hydrogens (tertiary/aromatic N) is 3. The monoisotopic (exact) mass is 416 g/mol. The zero-order valence-electron chi connectivity index (χ0n) is 17.8. The van der Waals surface area contributed by atoms with Crippen LogP contribution in [-0.2, 0) is 4.79 Å². The Hall–Kier alpha value is -3.38. The number of para-hydroxylation sites is 1. The molecule has 6 heteroatoms. The highest BCUT2D eigenvalue weighted by Crippen LogP contribution is 2.23. The quantitative estimate of drug-likeness (QED) is 0.618. The van der Waals surface area contributed by atoms with Crippen LogP contribution in [0.15, 0.2) is 79.0 Å². The molecule has 0 atom stereocenters. The van der Waals surface area contributed by atoms with Gasteiger partial charge in [0.15, 0.2) is 0 Å². The molecule has 1 fully saturated rings. The molecule has 0 bridgehead atoms. The number of rotatable bonds is 7. The number of amides is 1. The fraction of sp³-hybridized carbons (Fsp3) is 0.280. The second kappa shape index (κ2) is 10.1. The third kappa shape index (κ3) is 5.83. The highest BCUT2D eigenvalue weighted by molar-refractivity contribution is 5.92. The number of pyridine rings is 1. The normalized spacial score (nSPS) is 14.5. The van der Waals surface area contributed by atoms with Crippen molar-refractivity contribution in [3.63, 3.8) is 0 Å². The second-order valence-corrected chi connectivity index (χ2v) is 7.81. The van der Waals surface area contributed by atoms with Crippen LogP contribution in [-0.4, -0.2) is 48.5 Å². The van der Waals surface area contributed by atoms with Gasteiger partial charge in [-0.2, -0.15) is 0 Å². The smallest absolute Gasteiger partial charge is 0.238 e. The molecule has 0 saturated carbocycles. The fourth-order valence-electron chi connectivity index (χ4n) is 3.86. The first-order valence-corrected chi connectivity index (χ1v) is 10.7. The number of carbonyl (C=O) groups is 1. The van der Waals surface area contributed by atoms with E-state index in [4.69, 9.17) is 4.74 Å². The van der Waals surface area contributed by atoms with Crippen LogP contribution in [0.2, 0.25) is 0 Å². The molecule has 3 aromatic rings. The minimum Gasteiger partial charge on any atom is -0.457 e. The van der Waals surface area contributed by atoms with Crippen molar-refractivity contribution in [3.05, 3.63) is 79.0 Å². The van der Waals surface area contributed by atoms with E-state index in [9.17, 15) is 4.79 Å². The Morgan fingerprint density at radius 3 is 2.35 bits per heavy atom. The molecule has 0 spiro atoms. The van der Waals surface area contributed by atoms with Gasteiger partial charge >= 0.3 is 0 Å². The molecule has 1 N–H and O–H groups in total. The Balaban J connectivity index is 1.23. The fourth-order valence-corrected chi connectivity index (χ4v) is 3.86. The molecular weight excluding hydrogens is 388 g/mol. The van der Waals surface area contributed by atoms with E-state index in [1.165, 1.54) is 0 Å². The summed E-state index contributed by atoms with van der Waals surface area (Å²) >= 11 is 0. The highest BCUT2D eigenvalue weighted by Gasteiger charge is 2.24. The lowest BCUT2D eigenvalue weighted by Gasteiger charge is -2.37. The zero-order valence-corrected chi connectivity index (χ0v) is 17.8. The van der Waals surface area contributed by atoms with Crippen LogP contribution in [0.4, 0.5) is 11.5 Å². The van der Waals surface area contributed by atoms with Crippen molar-refractivity contribution in [2.24, 2.45) is 0 Å². The summed E-state index contributed by atoms with van der Waals surface area (Å²) in [5.41, 5.74) is 0.767. The minimum atomic E-state index is -0.00798. The molecule has 0 aliphatic carbocycles. The molecule has 1 aliphatic heterocycles. The molecule has 4 rings (SSSR count). The molecule has 1 aromatic heterocycles. The number of piperidine rings is 1. The summed E-state index contributed by atoms with van der Waals surface area (Å²) in [7, 11) is 2.03. The number of benzene rings is 2. The molecule has 31 heavy (non-hydrogen) atoms. The highest BCUT2D eigenvalue weighted by atomic mass is 16.5. The van der Waals surface area contributed by atoms with Crippen molar-refractivity contribution < 1.29 is 9.53 Å². The molecule has 0 radical (unpaired) electrons. The van der Waals surface area contributed by atoms with Gasteiger partial charge < -0.3 is 15.0 Å². The summed E-state index contributed by atoms with van der Waals surface area (Å²) in [6.45, 7) is 2.28. The lowest BCUT2D eigenvalue weighted by molar-refractivity contribution is -0.117. The van der Waals surface area contributed by atoms with Gasteiger partial charge in [0.1, 0.15) is 17.3 Å². The number of likely N-dealkylation sites (N-methyl/N-ethyl adjacent to an activating group) is 1. The standard InChI is InChI=1S/C25H28N4O2/c1-28(21-14-17-29(18-15-21)24-9-5-6-16-26-24)19-25(30)27-20-10-12-23(13-11-20)31-22-7-3-2-4-8-22/h2-13,16,21H,14-15,17-19H2,1H3,(H,27,30). The lowest BCUT2D eigenvalue weighted by atomic mass is 10.0. The summed E-state index contributed by atoms with van der Waals surface area (Å²) in [5, 5.41) is 2.98. The van der Waals surface area contributed by atoms with Crippen molar-refractivity contribution in [2.75, 3.05) is 36.9 Å². The van der Waals surface area contributed by atoms with Gasteiger partial charge in [-0.3, -0.25) is 9.69 Å². The first kappa shape index (κ1) is 20.9. The second-order valence-electron chi connectivity index (χ2n) is 7.81. The zero-order chi connectivity index (χ0) is 21.5. The van der Waals surface area contributed by atoms with Gasteiger partial charge in [-0.25, -0.2) is 4.98 Å². The van der Waals surface area contributed by atoms with Crippen LogP contribution in [0.1, 0.15) is 12.8 Å². The summed E-state index contributed by atoms with van der Waals surface area (Å²) in [6, 6.07) is 23.5. The van der Waals surface area contributed by atoms with Gasteiger partial charge in [0.05, 0.1) is 6.54 Å². The van der Waals surface area contributed by atoms with E-state index in [0.29, 0.717) is 12.6 Å². The number of hydrogen-bond acceptors (Lipinski definition) is 5. The van der Waals surface area contributed by atoms with Crippen LogP contribution in [0.5, 0.6) is 11.5 Å². The summed E-state index contributed by atoms with van der Waals surface area (Å²) in [4.78, 5) is 21.4. The van der Waals surface area contributed by atoms with E-state index >= 15 is 0 Å². The first-order valence-electron chi connectivity index (χ1n) is 10.7. The van der Waals surface area contributed by atoms with E-state index in [2.05, 4.69) is 20.1 Å². The van der Waals surface area contributed by atoms with E-state index in [1.807, 2.05) is 86.0 Å². The van der Waals surface area contributed by atoms with Gasteiger partial charge in [-0.05, 0) is 68.4 Å². The van der Waals surface area contributed by atoms with Crippen molar-refractivity contribution in [1.82, 2.24) is 9.88 Å². The lowest BCUT2D eigenvalue weighted by Crippen LogP contribution is -2.45. The van der Waals surface area contributed by atoms with Crippen molar-refractivity contribution in [2.45, 2.75) is 18.9 Å². The molecular formula is C25H28N4O2. The summed E-state index contributed by atoms with van der Waals surface area (Å²) in [6.07, 6.45) is 3.87. The Morgan fingerprint density at radius 1 is 1.00 bits per heavy atom. The number of ether oxygens (including phenoxy) is 1. The maximum Gasteiger partial charge on any atom is 0.238 e. The van der Waals surface area contributed by atoms with Gasteiger partial charge in [0, 0.05) is 31.0 Å². The predicted octanol–water partition coefficient (Wildman–Crippen LogP) is 4.41. The number of nitrogens with one attached hydrogen (secondary N) is 1. The number of hydrogen-bond donors (Lipinski definition) is 1. The van der Waals surface area contributed by atoms with Gasteiger partial charge in [0.25, 0.3) is 0 Å². The molecule has 1 saturated heterocycles. The molecule has 0 unspecified atom stereocenters. The number of anilines is 2. The molecule has 1 aliphatic rings. The van der Waals surface area contributed by atoms with Crippen molar-refractivity contribution in [1.29, 1.82) is 0 Å². The molecule has 2 aromatic carbocycles. The maximum atomic E-state index is 12.5. The maximum absolute atomic E-state index is 12.5. The third-order valence-corrected chi connectivity index (χ3v) is 5.57. The summed E-state index contributed by atoms with van der Waals surface area (Å²) in [5.74, 6) is 2.54. The van der Waals surface area contributed by atoms with Crippen LogP contribution in [0.3, 0.4) is 0 Å². The number of carbonyl (C=O) groups excluding carboxylic acids is 1. The topological polar surface area (TPSA) is 57.7 Å². The molecule has 1 amide bonds. The SMILES string of the molecule is CN(CC(=O)Nc1ccc(Oc2ccccc2)cc1)C1CCN(c2ccccn2)CC1. The van der Waals surface area contributed by atoms with Gasteiger partial charge in [0.2, 0.25) is 5.91 Å². The van der Waals surface area contributed by atoms with E-state index < -0.39 is 0 Å². The Labute approximate surface area is 183 Å². The van der Waals surface area contributed by atoms with Crippen LogP contribution >= 0.6 is 0 Å².